The van der Waals surface area contributed by atoms with Crippen molar-refractivity contribution < 1.29 is 4.52 Å². The quantitative estimate of drug-likeness (QED) is 0.937. The van der Waals surface area contributed by atoms with Gasteiger partial charge in [-0.05, 0) is 31.1 Å². The molecular formula is C15H19ClN4O. The fourth-order valence-corrected chi connectivity index (χ4v) is 2.69. The molecule has 112 valence electrons. The van der Waals surface area contributed by atoms with Crippen LogP contribution in [0.5, 0.6) is 0 Å². The highest BCUT2D eigenvalue weighted by Crippen LogP contribution is 2.17. The van der Waals surface area contributed by atoms with E-state index in [2.05, 4.69) is 20.4 Å². The van der Waals surface area contributed by atoms with Crippen molar-refractivity contribution in [3.05, 3.63) is 46.6 Å². The van der Waals surface area contributed by atoms with Crippen LogP contribution in [0.2, 0.25) is 5.02 Å². The monoisotopic (exact) mass is 306 g/mol. The van der Waals surface area contributed by atoms with Gasteiger partial charge in [-0.3, -0.25) is 4.90 Å². The van der Waals surface area contributed by atoms with Gasteiger partial charge < -0.3 is 9.84 Å². The number of benzene rings is 1. The van der Waals surface area contributed by atoms with Gasteiger partial charge in [0, 0.05) is 24.5 Å². The van der Waals surface area contributed by atoms with Gasteiger partial charge in [-0.2, -0.15) is 4.98 Å². The van der Waals surface area contributed by atoms with Crippen LogP contribution in [0, 0.1) is 0 Å². The maximum atomic E-state index is 6.15. The zero-order valence-electron chi connectivity index (χ0n) is 11.9. The smallest absolute Gasteiger partial charge is 0.240 e. The Kier molecular flexibility index (Phi) is 4.85. The van der Waals surface area contributed by atoms with Gasteiger partial charge in [0.05, 0.1) is 6.54 Å². The van der Waals surface area contributed by atoms with E-state index in [1.165, 1.54) is 0 Å². The second kappa shape index (κ2) is 7.02. The lowest BCUT2D eigenvalue weighted by Gasteiger charge is -2.16. The lowest BCUT2D eigenvalue weighted by atomic mass is 10.1. The lowest BCUT2D eigenvalue weighted by Crippen LogP contribution is -2.27. The van der Waals surface area contributed by atoms with Gasteiger partial charge in [0.1, 0.15) is 0 Å². The average molecular weight is 307 g/mol. The standard InChI is InChI=1S/C15H19ClN4O/c16-13-5-2-1-4-12(13)10-14-18-15(21-19-14)11-20-8-3-6-17-7-9-20/h1-2,4-5,17H,3,6-11H2. The van der Waals surface area contributed by atoms with E-state index in [4.69, 9.17) is 16.1 Å². The molecule has 0 spiro atoms. The van der Waals surface area contributed by atoms with Crippen molar-refractivity contribution in [2.75, 3.05) is 26.2 Å². The Morgan fingerprint density at radius 1 is 1.24 bits per heavy atom. The summed E-state index contributed by atoms with van der Waals surface area (Å²) in [7, 11) is 0. The summed E-state index contributed by atoms with van der Waals surface area (Å²) >= 11 is 6.15. The van der Waals surface area contributed by atoms with Crippen molar-refractivity contribution >= 4 is 11.6 Å². The Bertz CT molecular complexity index is 579. The number of nitrogens with one attached hydrogen (secondary N) is 1. The van der Waals surface area contributed by atoms with Crippen LogP contribution in [-0.4, -0.2) is 41.2 Å². The van der Waals surface area contributed by atoms with E-state index in [9.17, 15) is 0 Å². The minimum Gasteiger partial charge on any atom is -0.338 e. The molecule has 0 unspecified atom stereocenters. The van der Waals surface area contributed by atoms with Crippen LogP contribution in [0.1, 0.15) is 23.7 Å². The summed E-state index contributed by atoms with van der Waals surface area (Å²) in [6.07, 6.45) is 1.76. The maximum absolute atomic E-state index is 6.15. The van der Waals surface area contributed by atoms with Crippen LogP contribution in [0.15, 0.2) is 28.8 Å². The highest BCUT2D eigenvalue weighted by atomic mass is 35.5. The summed E-state index contributed by atoms with van der Waals surface area (Å²) in [6, 6.07) is 7.74. The van der Waals surface area contributed by atoms with E-state index in [1.807, 2.05) is 24.3 Å². The molecule has 21 heavy (non-hydrogen) atoms. The predicted octanol–water partition coefficient (Wildman–Crippen LogP) is 2.11. The van der Waals surface area contributed by atoms with Crippen molar-refractivity contribution in [1.29, 1.82) is 0 Å². The first-order valence-electron chi connectivity index (χ1n) is 7.29. The van der Waals surface area contributed by atoms with Gasteiger partial charge in [-0.1, -0.05) is 35.0 Å². The van der Waals surface area contributed by atoms with Crippen molar-refractivity contribution in [2.24, 2.45) is 0 Å². The van der Waals surface area contributed by atoms with E-state index in [0.717, 1.165) is 49.7 Å². The molecule has 1 fully saturated rings. The molecule has 0 bridgehead atoms. The van der Waals surface area contributed by atoms with Gasteiger partial charge in [0.2, 0.25) is 5.89 Å². The molecule has 1 aromatic carbocycles. The first-order valence-corrected chi connectivity index (χ1v) is 7.67. The molecule has 6 heteroatoms. The SMILES string of the molecule is Clc1ccccc1Cc1noc(CN2CCCNCC2)n1. The number of nitrogens with zero attached hydrogens (tertiary/aromatic N) is 3. The molecule has 1 aromatic heterocycles. The van der Waals surface area contributed by atoms with Gasteiger partial charge in [-0.25, -0.2) is 0 Å². The molecule has 1 saturated heterocycles. The second-order valence-corrected chi connectivity index (χ2v) is 5.66. The summed E-state index contributed by atoms with van der Waals surface area (Å²) in [4.78, 5) is 6.81. The Morgan fingerprint density at radius 3 is 3.05 bits per heavy atom. The largest absolute Gasteiger partial charge is 0.338 e. The predicted molar refractivity (Wildman–Crippen MR) is 81.3 cm³/mol. The molecule has 2 aromatic rings. The van der Waals surface area contributed by atoms with Crippen LogP contribution < -0.4 is 5.32 Å². The zero-order chi connectivity index (χ0) is 14.5. The Labute approximate surface area is 129 Å². The fourth-order valence-electron chi connectivity index (χ4n) is 2.49. The molecule has 1 N–H and O–H groups in total. The molecule has 0 amide bonds. The number of hydrogen-bond acceptors (Lipinski definition) is 5. The third-order valence-electron chi connectivity index (χ3n) is 3.61. The minimum atomic E-state index is 0.602. The molecular weight excluding hydrogens is 288 g/mol. The van der Waals surface area contributed by atoms with Crippen molar-refractivity contribution in [3.63, 3.8) is 0 Å². The second-order valence-electron chi connectivity index (χ2n) is 5.25. The molecule has 0 saturated carbocycles. The maximum Gasteiger partial charge on any atom is 0.240 e. The van der Waals surface area contributed by atoms with E-state index < -0.39 is 0 Å². The Morgan fingerprint density at radius 2 is 2.14 bits per heavy atom. The summed E-state index contributed by atoms with van der Waals surface area (Å²) in [6.45, 7) is 4.90. The van der Waals surface area contributed by atoms with Gasteiger partial charge in [0.25, 0.3) is 0 Å². The molecule has 0 radical (unpaired) electrons. The third kappa shape index (κ3) is 4.03. The number of rotatable bonds is 4. The Hall–Kier alpha value is -1.43. The van der Waals surface area contributed by atoms with E-state index in [-0.39, 0.29) is 0 Å². The first-order chi connectivity index (χ1) is 10.3. The highest BCUT2D eigenvalue weighted by molar-refractivity contribution is 6.31. The summed E-state index contributed by atoms with van der Waals surface area (Å²) in [5.41, 5.74) is 1.02. The van der Waals surface area contributed by atoms with Crippen LogP contribution in [0.3, 0.4) is 0 Å². The van der Waals surface area contributed by atoms with Gasteiger partial charge >= 0.3 is 0 Å². The Balaban J connectivity index is 1.62. The average Bonchev–Trinajstić information content (AvgIpc) is 2.75. The molecule has 3 rings (SSSR count). The van der Waals surface area contributed by atoms with E-state index >= 15 is 0 Å². The molecule has 2 heterocycles. The van der Waals surface area contributed by atoms with Crippen LogP contribution in [-0.2, 0) is 13.0 Å². The molecule has 0 aliphatic carbocycles. The van der Waals surface area contributed by atoms with Crippen molar-refractivity contribution in [2.45, 2.75) is 19.4 Å². The van der Waals surface area contributed by atoms with Crippen molar-refractivity contribution in [3.8, 4) is 0 Å². The topological polar surface area (TPSA) is 54.2 Å². The highest BCUT2D eigenvalue weighted by Gasteiger charge is 2.14. The molecule has 1 aliphatic heterocycles. The summed E-state index contributed by atoms with van der Waals surface area (Å²) in [5.74, 6) is 1.37. The number of halogens is 1. The van der Waals surface area contributed by atoms with E-state index in [1.54, 1.807) is 0 Å². The summed E-state index contributed by atoms with van der Waals surface area (Å²) < 4.78 is 5.35. The number of aromatic nitrogens is 2. The minimum absolute atomic E-state index is 0.602. The first kappa shape index (κ1) is 14.5. The normalized spacial score (nSPS) is 16.8. The number of hydrogen-bond donors (Lipinski definition) is 1. The third-order valence-corrected chi connectivity index (χ3v) is 3.98. The fraction of sp³-hybridized carbons (Fsp3) is 0.467. The molecule has 1 aliphatic rings. The molecule has 5 nitrogen and oxygen atoms in total. The van der Waals surface area contributed by atoms with Crippen LogP contribution in [0.4, 0.5) is 0 Å². The summed E-state index contributed by atoms with van der Waals surface area (Å²) in [5, 5.41) is 8.18. The molecule has 0 atom stereocenters. The van der Waals surface area contributed by atoms with E-state index in [0.29, 0.717) is 18.1 Å². The van der Waals surface area contributed by atoms with Crippen molar-refractivity contribution in [1.82, 2.24) is 20.4 Å². The zero-order valence-corrected chi connectivity index (χ0v) is 12.6. The van der Waals surface area contributed by atoms with Crippen LogP contribution in [0.25, 0.3) is 0 Å². The van der Waals surface area contributed by atoms with Gasteiger partial charge in [0.15, 0.2) is 5.82 Å². The van der Waals surface area contributed by atoms with Crippen LogP contribution >= 0.6 is 11.6 Å². The lowest BCUT2D eigenvalue weighted by molar-refractivity contribution is 0.238. The van der Waals surface area contributed by atoms with Gasteiger partial charge in [-0.15, -0.1) is 0 Å².